The van der Waals surface area contributed by atoms with Crippen molar-refractivity contribution in [2.24, 2.45) is 0 Å². The third-order valence-corrected chi connectivity index (χ3v) is 5.48. The maximum absolute atomic E-state index is 6.63. The molecule has 0 nitrogen and oxygen atoms in total. The first-order valence-corrected chi connectivity index (χ1v) is 7.87. The number of thiophene rings is 1. The molecule has 18 heavy (non-hydrogen) atoms. The molecule has 0 spiro atoms. The molecule has 0 fully saturated rings. The van der Waals surface area contributed by atoms with Gasteiger partial charge in [-0.05, 0) is 66.3 Å². The zero-order chi connectivity index (χ0) is 12.5. The molecule has 1 aromatic heterocycles. The zero-order valence-corrected chi connectivity index (χ0v) is 12.2. The monoisotopic (exact) mass is 276 g/mol. The molecule has 1 aromatic carbocycles. The second kappa shape index (κ2) is 5.07. The Morgan fingerprint density at radius 1 is 1.11 bits per heavy atom. The second-order valence-electron chi connectivity index (χ2n) is 5.07. The van der Waals surface area contributed by atoms with Crippen LogP contribution in [0.4, 0.5) is 0 Å². The summed E-state index contributed by atoms with van der Waals surface area (Å²) in [4.78, 5) is 1.28. The number of benzene rings is 1. The number of hydrogen-bond acceptors (Lipinski definition) is 1. The normalized spacial score (nSPS) is 16.3. The first-order chi connectivity index (χ1) is 8.75. The maximum atomic E-state index is 6.63. The van der Waals surface area contributed by atoms with Crippen LogP contribution in [0.5, 0.6) is 0 Å². The van der Waals surface area contributed by atoms with Crippen LogP contribution in [-0.2, 0) is 12.8 Å². The highest BCUT2D eigenvalue weighted by molar-refractivity contribution is 7.10. The van der Waals surface area contributed by atoms with Crippen molar-refractivity contribution in [2.75, 3.05) is 0 Å². The lowest BCUT2D eigenvalue weighted by Gasteiger charge is -2.18. The van der Waals surface area contributed by atoms with E-state index in [2.05, 4.69) is 36.6 Å². The number of aryl methyl sites for hydroxylation is 3. The largest absolute Gasteiger partial charge is 0.147 e. The molecule has 1 unspecified atom stereocenters. The predicted octanol–water partition coefficient (Wildman–Crippen LogP) is 5.26. The molecule has 0 saturated heterocycles. The average Bonchev–Trinajstić information content (AvgIpc) is 2.83. The first-order valence-electron chi connectivity index (χ1n) is 6.55. The van der Waals surface area contributed by atoms with Crippen LogP contribution in [0.1, 0.15) is 45.3 Å². The summed E-state index contributed by atoms with van der Waals surface area (Å²) in [5, 5.41) is 2.13. The number of fused-ring (bicyclic) bond motifs is 1. The minimum Gasteiger partial charge on any atom is -0.147 e. The van der Waals surface area contributed by atoms with Crippen molar-refractivity contribution in [3.63, 3.8) is 0 Å². The Morgan fingerprint density at radius 2 is 1.89 bits per heavy atom. The maximum Gasteiger partial charge on any atom is 0.0930 e. The number of hydrogen-bond donors (Lipinski definition) is 0. The van der Waals surface area contributed by atoms with Crippen molar-refractivity contribution in [2.45, 2.75) is 38.0 Å². The molecule has 0 amide bonds. The van der Waals surface area contributed by atoms with Gasteiger partial charge in [0.05, 0.1) is 5.38 Å². The van der Waals surface area contributed by atoms with Gasteiger partial charge in [0.25, 0.3) is 0 Å². The van der Waals surface area contributed by atoms with Gasteiger partial charge in [0.2, 0.25) is 0 Å². The van der Waals surface area contributed by atoms with Crippen LogP contribution in [-0.4, -0.2) is 0 Å². The highest BCUT2D eigenvalue weighted by Gasteiger charge is 2.17. The molecule has 0 radical (unpaired) electrons. The summed E-state index contributed by atoms with van der Waals surface area (Å²) in [6.07, 6.45) is 5.11. The van der Waals surface area contributed by atoms with Crippen molar-refractivity contribution in [1.82, 2.24) is 0 Å². The fraction of sp³-hybridized carbons (Fsp3) is 0.375. The lowest BCUT2D eigenvalue weighted by molar-refractivity contribution is 0.684. The van der Waals surface area contributed by atoms with Crippen molar-refractivity contribution < 1.29 is 0 Å². The molecule has 3 rings (SSSR count). The molecule has 0 saturated carbocycles. The van der Waals surface area contributed by atoms with E-state index in [1.807, 2.05) is 0 Å². The molecule has 0 aliphatic heterocycles. The summed E-state index contributed by atoms with van der Waals surface area (Å²) < 4.78 is 0. The molecule has 2 aromatic rings. The van der Waals surface area contributed by atoms with E-state index >= 15 is 0 Å². The van der Waals surface area contributed by atoms with Gasteiger partial charge in [0, 0.05) is 4.88 Å². The quantitative estimate of drug-likeness (QED) is 0.656. The van der Waals surface area contributed by atoms with Crippen molar-refractivity contribution >= 4 is 22.9 Å². The SMILES string of the molecule is Cc1ccsc1C(Cl)c1ccc2c(c1)CCCC2. The van der Waals surface area contributed by atoms with Gasteiger partial charge in [-0.1, -0.05) is 18.2 Å². The van der Waals surface area contributed by atoms with E-state index in [9.17, 15) is 0 Å². The smallest absolute Gasteiger partial charge is 0.0930 e. The molecule has 1 aliphatic rings. The summed E-state index contributed by atoms with van der Waals surface area (Å²) in [5.74, 6) is 0. The molecule has 1 aliphatic carbocycles. The fourth-order valence-electron chi connectivity index (χ4n) is 2.71. The summed E-state index contributed by atoms with van der Waals surface area (Å²) in [6, 6.07) is 8.96. The highest BCUT2D eigenvalue weighted by Crippen LogP contribution is 2.36. The van der Waals surface area contributed by atoms with Crippen LogP contribution in [0.2, 0.25) is 0 Å². The summed E-state index contributed by atoms with van der Waals surface area (Å²) in [7, 11) is 0. The summed E-state index contributed by atoms with van der Waals surface area (Å²) >= 11 is 8.39. The van der Waals surface area contributed by atoms with Gasteiger partial charge in [-0.15, -0.1) is 22.9 Å². The van der Waals surface area contributed by atoms with Crippen LogP contribution in [0, 0.1) is 6.92 Å². The van der Waals surface area contributed by atoms with E-state index in [0.717, 1.165) is 0 Å². The van der Waals surface area contributed by atoms with Crippen LogP contribution in [0.25, 0.3) is 0 Å². The van der Waals surface area contributed by atoms with E-state index in [0.29, 0.717) is 0 Å². The first kappa shape index (κ1) is 12.3. The zero-order valence-electron chi connectivity index (χ0n) is 10.6. The van der Waals surface area contributed by atoms with Gasteiger partial charge in [0.1, 0.15) is 0 Å². The number of alkyl halides is 1. The average molecular weight is 277 g/mol. The van der Waals surface area contributed by atoms with E-state index in [-0.39, 0.29) is 5.38 Å². The molecular formula is C16H17ClS. The van der Waals surface area contributed by atoms with Crippen molar-refractivity contribution in [3.8, 4) is 0 Å². The molecule has 1 atom stereocenters. The molecule has 1 heterocycles. The highest BCUT2D eigenvalue weighted by atomic mass is 35.5. The lowest BCUT2D eigenvalue weighted by atomic mass is 9.89. The number of halogens is 1. The van der Waals surface area contributed by atoms with Gasteiger partial charge < -0.3 is 0 Å². The van der Waals surface area contributed by atoms with Gasteiger partial charge in [-0.2, -0.15) is 0 Å². The van der Waals surface area contributed by atoms with Gasteiger partial charge in [-0.25, -0.2) is 0 Å². The summed E-state index contributed by atoms with van der Waals surface area (Å²) in [5.41, 5.74) is 5.59. The van der Waals surface area contributed by atoms with Crippen LogP contribution in [0.3, 0.4) is 0 Å². The third-order valence-electron chi connectivity index (χ3n) is 3.80. The van der Waals surface area contributed by atoms with E-state index < -0.39 is 0 Å². The standard InChI is InChI=1S/C16H17ClS/c1-11-8-9-18-16(11)15(17)14-7-6-12-4-2-3-5-13(12)10-14/h6-10,15H,2-5H2,1H3. The molecule has 0 bridgehead atoms. The Bertz CT molecular complexity index is 556. The Labute approximate surface area is 118 Å². The molecular weight excluding hydrogens is 260 g/mol. The van der Waals surface area contributed by atoms with Crippen LogP contribution < -0.4 is 0 Å². The van der Waals surface area contributed by atoms with Crippen molar-refractivity contribution in [3.05, 3.63) is 56.8 Å². The molecule has 94 valence electrons. The Kier molecular flexibility index (Phi) is 3.45. The topological polar surface area (TPSA) is 0 Å². The van der Waals surface area contributed by atoms with Gasteiger partial charge in [0.15, 0.2) is 0 Å². The lowest BCUT2D eigenvalue weighted by Crippen LogP contribution is -2.04. The summed E-state index contributed by atoms with van der Waals surface area (Å²) in [6.45, 7) is 2.14. The van der Waals surface area contributed by atoms with E-state index in [4.69, 9.17) is 11.6 Å². The predicted molar refractivity (Wildman–Crippen MR) is 79.8 cm³/mol. The Hall–Kier alpha value is -0.790. The van der Waals surface area contributed by atoms with Crippen molar-refractivity contribution in [1.29, 1.82) is 0 Å². The van der Waals surface area contributed by atoms with E-state index in [1.165, 1.54) is 52.8 Å². The van der Waals surface area contributed by atoms with Crippen LogP contribution in [0.15, 0.2) is 29.6 Å². The molecule has 2 heteroatoms. The van der Waals surface area contributed by atoms with E-state index in [1.54, 1.807) is 11.3 Å². The molecule has 0 N–H and O–H groups in total. The minimum atomic E-state index is 0.0113. The van der Waals surface area contributed by atoms with Gasteiger partial charge >= 0.3 is 0 Å². The third kappa shape index (κ3) is 2.22. The van der Waals surface area contributed by atoms with Gasteiger partial charge in [-0.3, -0.25) is 0 Å². The van der Waals surface area contributed by atoms with Crippen LogP contribution >= 0.6 is 22.9 Å². The number of rotatable bonds is 2. The fourth-order valence-corrected chi connectivity index (χ4v) is 4.10. The Morgan fingerprint density at radius 3 is 2.61 bits per heavy atom. The second-order valence-corrected chi connectivity index (χ2v) is 6.45. The minimum absolute atomic E-state index is 0.0113. The Balaban J connectivity index is 1.95.